The van der Waals surface area contributed by atoms with Crippen molar-refractivity contribution in [3.63, 3.8) is 0 Å². The van der Waals surface area contributed by atoms with Crippen LogP contribution >= 0.6 is 0 Å². The van der Waals surface area contributed by atoms with Gasteiger partial charge in [0.05, 0.1) is 0 Å². The average molecular weight is 161 g/mol. The van der Waals surface area contributed by atoms with Crippen LogP contribution in [-0.4, -0.2) is 13.1 Å². The van der Waals surface area contributed by atoms with Crippen molar-refractivity contribution >= 4 is 5.57 Å². The van der Waals surface area contributed by atoms with E-state index in [2.05, 4.69) is 41.7 Å². The molecule has 0 atom stereocenters. The molecule has 1 heterocycles. The van der Waals surface area contributed by atoms with E-state index in [0.29, 0.717) is 0 Å². The summed E-state index contributed by atoms with van der Waals surface area (Å²) < 4.78 is 0. The van der Waals surface area contributed by atoms with Gasteiger partial charge in [0.1, 0.15) is 0 Å². The lowest BCUT2D eigenvalue weighted by molar-refractivity contribution is 0.738. The number of hydrogen-bond donors (Lipinski definition) is 1. The third-order valence-electron chi connectivity index (χ3n) is 2.21. The molecule has 64 valence electrons. The fourth-order valence-electron chi connectivity index (χ4n) is 1.54. The minimum absolute atomic E-state index is 0. The van der Waals surface area contributed by atoms with Crippen LogP contribution in [0.1, 0.15) is 13.4 Å². The highest BCUT2D eigenvalue weighted by Gasteiger charge is 2.03. The first kappa shape index (κ1) is 7.56. The molecule has 1 nitrogen and oxygen atoms in total. The van der Waals surface area contributed by atoms with Gasteiger partial charge in [-0.3, -0.25) is 0 Å². The molecule has 0 aromatic heterocycles. The summed E-state index contributed by atoms with van der Waals surface area (Å²) in [6, 6.07) is 10.6. The SMILES string of the molecule is C1=C(c2ccccc2)CCNC1.[HH]. The summed E-state index contributed by atoms with van der Waals surface area (Å²) in [6.07, 6.45) is 3.43. The lowest BCUT2D eigenvalue weighted by Gasteiger charge is -2.13. The first-order valence-electron chi connectivity index (χ1n) is 4.42. The van der Waals surface area contributed by atoms with Crippen molar-refractivity contribution in [2.75, 3.05) is 13.1 Å². The topological polar surface area (TPSA) is 12.0 Å². The Morgan fingerprint density at radius 1 is 1.17 bits per heavy atom. The number of hydrogen-bond acceptors (Lipinski definition) is 1. The van der Waals surface area contributed by atoms with Crippen LogP contribution in [0, 0.1) is 0 Å². The average Bonchev–Trinajstić information content (AvgIpc) is 2.21. The fraction of sp³-hybridized carbons (Fsp3) is 0.273. The number of nitrogens with one attached hydrogen (secondary N) is 1. The smallest absolute Gasteiger partial charge is 0.0140 e. The van der Waals surface area contributed by atoms with Gasteiger partial charge in [0, 0.05) is 7.97 Å². The molecule has 1 aromatic carbocycles. The van der Waals surface area contributed by atoms with E-state index in [1.54, 1.807) is 0 Å². The molecule has 0 spiro atoms. The van der Waals surface area contributed by atoms with Crippen LogP contribution < -0.4 is 5.32 Å². The molecule has 0 saturated heterocycles. The lowest BCUT2D eigenvalue weighted by atomic mass is 10.0. The van der Waals surface area contributed by atoms with E-state index in [1.807, 2.05) is 0 Å². The van der Waals surface area contributed by atoms with Gasteiger partial charge >= 0.3 is 0 Å². The summed E-state index contributed by atoms with van der Waals surface area (Å²) >= 11 is 0. The molecule has 0 radical (unpaired) electrons. The van der Waals surface area contributed by atoms with Crippen LogP contribution in [0.15, 0.2) is 36.4 Å². The van der Waals surface area contributed by atoms with Gasteiger partial charge in [-0.1, -0.05) is 36.4 Å². The Kier molecular flexibility index (Phi) is 2.23. The minimum Gasteiger partial charge on any atom is -0.313 e. The first-order chi connectivity index (χ1) is 5.97. The summed E-state index contributed by atoms with van der Waals surface area (Å²) in [5, 5.41) is 3.31. The predicted octanol–water partition coefficient (Wildman–Crippen LogP) is 2.31. The predicted molar refractivity (Wildman–Crippen MR) is 54.0 cm³/mol. The van der Waals surface area contributed by atoms with Crippen molar-refractivity contribution < 1.29 is 1.43 Å². The second-order valence-electron chi connectivity index (χ2n) is 3.05. The van der Waals surface area contributed by atoms with Crippen molar-refractivity contribution in [3.05, 3.63) is 42.0 Å². The van der Waals surface area contributed by atoms with Gasteiger partial charge in [0.25, 0.3) is 0 Å². The highest BCUT2D eigenvalue weighted by atomic mass is 14.8. The minimum atomic E-state index is 0. The van der Waals surface area contributed by atoms with E-state index in [4.69, 9.17) is 0 Å². The molecule has 0 fully saturated rings. The van der Waals surface area contributed by atoms with E-state index in [-0.39, 0.29) is 1.43 Å². The second kappa shape index (κ2) is 3.55. The zero-order valence-corrected chi connectivity index (χ0v) is 7.09. The summed E-state index contributed by atoms with van der Waals surface area (Å²) in [5.74, 6) is 0. The van der Waals surface area contributed by atoms with Crippen molar-refractivity contribution in [2.45, 2.75) is 6.42 Å². The number of rotatable bonds is 1. The molecule has 0 bridgehead atoms. The van der Waals surface area contributed by atoms with Crippen molar-refractivity contribution in [1.82, 2.24) is 5.32 Å². The number of benzene rings is 1. The van der Waals surface area contributed by atoms with Crippen molar-refractivity contribution in [3.8, 4) is 0 Å². The van der Waals surface area contributed by atoms with Crippen molar-refractivity contribution in [1.29, 1.82) is 0 Å². The van der Waals surface area contributed by atoms with Crippen LogP contribution in [0.2, 0.25) is 0 Å². The summed E-state index contributed by atoms with van der Waals surface area (Å²) in [7, 11) is 0. The molecule has 0 aliphatic carbocycles. The van der Waals surface area contributed by atoms with Gasteiger partial charge in [-0.25, -0.2) is 0 Å². The Hall–Kier alpha value is -1.08. The zero-order valence-electron chi connectivity index (χ0n) is 7.09. The Bertz CT molecular complexity index is 279. The Labute approximate surface area is 74.6 Å². The molecule has 1 aliphatic heterocycles. The van der Waals surface area contributed by atoms with Crippen molar-refractivity contribution in [2.24, 2.45) is 0 Å². The summed E-state index contributed by atoms with van der Waals surface area (Å²) in [5.41, 5.74) is 2.85. The maximum atomic E-state index is 3.31. The molecule has 0 unspecified atom stereocenters. The largest absolute Gasteiger partial charge is 0.313 e. The molecular weight excluding hydrogens is 146 g/mol. The zero-order chi connectivity index (χ0) is 8.23. The van der Waals surface area contributed by atoms with E-state index in [1.165, 1.54) is 11.1 Å². The lowest BCUT2D eigenvalue weighted by Crippen LogP contribution is -2.19. The Balaban J connectivity index is 0.000000845. The van der Waals surface area contributed by atoms with E-state index in [9.17, 15) is 0 Å². The Morgan fingerprint density at radius 3 is 2.67 bits per heavy atom. The van der Waals surface area contributed by atoms with Crippen LogP contribution in [0.4, 0.5) is 0 Å². The van der Waals surface area contributed by atoms with Gasteiger partial charge in [-0.2, -0.15) is 0 Å². The standard InChI is InChI=1S/C11H13N.H2/c1-2-4-10(5-3-1)11-6-8-12-9-7-11;/h1-6,12H,7-9H2;1H. The van der Waals surface area contributed by atoms with Crippen LogP contribution in [-0.2, 0) is 0 Å². The normalized spacial score (nSPS) is 17.2. The van der Waals surface area contributed by atoms with Gasteiger partial charge in [-0.05, 0) is 24.1 Å². The molecule has 0 saturated carbocycles. The monoisotopic (exact) mass is 161 g/mol. The molecule has 1 N–H and O–H groups in total. The molecule has 1 heteroatoms. The highest BCUT2D eigenvalue weighted by molar-refractivity contribution is 5.66. The van der Waals surface area contributed by atoms with Crippen LogP contribution in [0.3, 0.4) is 0 Å². The molecule has 1 aromatic rings. The maximum absolute atomic E-state index is 3.31. The Morgan fingerprint density at radius 2 is 2.00 bits per heavy atom. The fourth-order valence-corrected chi connectivity index (χ4v) is 1.54. The molecule has 1 aliphatic rings. The van der Waals surface area contributed by atoms with Gasteiger partial charge in [0.2, 0.25) is 0 Å². The van der Waals surface area contributed by atoms with E-state index >= 15 is 0 Å². The first-order valence-corrected chi connectivity index (χ1v) is 4.42. The molecule has 0 amide bonds. The van der Waals surface area contributed by atoms with Gasteiger partial charge in [-0.15, -0.1) is 0 Å². The summed E-state index contributed by atoms with van der Waals surface area (Å²) in [6.45, 7) is 2.13. The third-order valence-corrected chi connectivity index (χ3v) is 2.21. The quantitative estimate of drug-likeness (QED) is 0.666. The third kappa shape index (κ3) is 1.56. The summed E-state index contributed by atoms with van der Waals surface area (Å²) in [4.78, 5) is 0. The molecule has 2 rings (SSSR count). The van der Waals surface area contributed by atoms with E-state index < -0.39 is 0 Å². The van der Waals surface area contributed by atoms with E-state index in [0.717, 1.165) is 19.5 Å². The maximum Gasteiger partial charge on any atom is 0.0140 e. The van der Waals surface area contributed by atoms with Crippen LogP contribution in [0.25, 0.3) is 5.57 Å². The highest BCUT2D eigenvalue weighted by Crippen LogP contribution is 2.18. The molecule has 12 heavy (non-hydrogen) atoms. The molecular formula is C11H15N. The van der Waals surface area contributed by atoms with Gasteiger partial charge in [0.15, 0.2) is 0 Å². The van der Waals surface area contributed by atoms with Gasteiger partial charge < -0.3 is 5.32 Å². The second-order valence-corrected chi connectivity index (χ2v) is 3.05. The van der Waals surface area contributed by atoms with Crippen LogP contribution in [0.5, 0.6) is 0 Å².